The first-order valence-corrected chi connectivity index (χ1v) is 14.1. The molecule has 2 aliphatic rings. The first-order valence-electron chi connectivity index (χ1n) is 12.6. The predicted molar refractivity (Wildman–Crippen MR) is 151 cm³/mol. The Hall–Kier alpha value is -2.61. The van der Waals surface area contributed by atoms with E-state index in [1.165, 1.54) is 59.4 Å². The molecule has 0 amide bonds. The molecule has 0 aliphatic heterocycles. The van der Waals surface area contributed by atoms with Gasteiger partial charge >= 0.3 is 26.2 Å². The van der Waals surface area contributed by atoms with E-state index in [2.05, 4.69) is 140 Å². The second-order valence-corrected chi connectivity index (χ2v) is 12.0. The zero-order valence-electron chi connectivity index (χ0n) is 21.5. The molecular weight excluding hydrogens is 611 g/mol. The standard InChI is InChI=1S/C35H25Si.2ClH.Zr/c1-24-23-25-13-12-22-32(36(26-14-4-2-5-15-26)27-16-6-3-7-17-27)34(25)33(24)35-30-20-10-8-18-28(30)29-19-9-11-21-31(29)35;;;/h2-22,35H,1H3;2*1H;/q-1;;;+3/p-2. The zero-order chi connectivity index (χ0) is 24.1. The summed E-state index contributed by atoms with van der Waals surface area (Å²) >= 11 is 0. The van der Waals surface area contributed by atoms with Crippen LogP contribution < -0.4 is 40.4 Å². The van der Waals surface area contributed by atoms with E-state index >= 15 is 0 Å². The van der Waals surface area contributed by atoms with E-state index in [1.54, 1.807) is 0 Å². The molecule has 0 saturated heterocycles. The molecule has 187 valence electrons. The van der Waals surface area contributed by atoms with Crippen LogP contribution in [0.3, 0.4) is 0 Å². The van der Waals surface area contributed by atoms with Crippen LogP contribution in [0.5, 0.6) is 0 Å². The van der Waals surface area contributed by atoms with Crippen LogP contribution in [0, 0.1) is 10.9 Å². The normalized spacial score (nSPS) is 12.6. The smallest absolute Gasteiger partial charge is 1.00 e. The SMILES string of the molecule is CC1=[C-]c2cccc(=[Si](c3ccccc3)c3ccccc3)c2=C1C1c2ccccc2-c2ccccc21.[Cl-].[Cl-].[Zr+3]. The summed E-state index contributed by atoms with van der Waals surface area (Å²) < 4.78 is 0. The van der Waals surface area contributed by atoms with Crippen molar-refractivity contribution in [2.24, 2.45) is 0 Å². The van der Waals surface area contributed by atoms with Crippen LogP contribution in [0.25, 0.3) is 16.7 Å². The predicted octanol–water partition coefficient (Wildman–Crippen LogP) is -0.0917. The minimum Gasteiger partial charge on any atom is -1.00 e. The van der Waals surface area contributed by atoms with Gasteiger partial charge in [0, 0.05) is 0 Å². The van der Waals surface area contributed by atoms with E-state index in [-0.39, 0.29) is 56.9 Å². The topological polar surface area (TPSA) is 0 Å². The average Bonchev–Trinajstić information content (AvgIpc) is 3.44. The van der Waals surface area contributed by atoms with Gasteiger partial charge in [0.25, 0.3) is 0 Å². The number of hydrogen-bond acceptors (Lipinski definition) is 0. The minimum absolute atomic E-state index is 0. The van der Waals surface area contributed by atoms with E-state index in [0.717, 1.165) is 0 Å². The van der Waals surface area contributed by atoms with Crippen LogP contribution >= 0.6 is 0 Å². The third-order valence-corrected chi connectivity index (χ3v) is 10.4. The van der Waals surface area contributed by atoms with Gasteiger partial charge in [0.05, 0.1) is 8.41 Å². The summed E-state index contributed by atoms with van der Waals surface area (Å²) in [4.78, 5) is 1.45. The summed E-state index contributed by atoms with van der Waals surface area (Å²) in [6, 6.07) is 46.9. The van der Waals surface area contributed by atoms with Gasteiger partial charge in [0.15, 0.2) is 0 Å². The van der Waals surface area contributed by atoms with Gasteiger partial charge in [-0.15, -0.1) is 34.6 Å². The zero-order valence-corrected chi connectivity index (χ0v) is 26.4. The van der Waals surface area contributed by atoms with Crippen molar-refractivity contribution in [2.75, 3.05) is 0 Å². The molecule has 0 nitrogen and oxygen atoms in total. The van der Waals surface area contributed by atoms with Gasteiger partial charge < -0.3 is 24.8 Å². The summed E-state index contributed by atoms with van der Waals surface area (Å²) in [5.74, 6) is 0.224. The fourth-order valence-electron chi connectivity index (χ4n) is 6.13. The second-order valence-electron chi connectivity index (χ2n) is 9.61. The Morgan fingerprint density at radius 1 is 0.564 bits per heavy atom. The molecule has 0 unspecified atom stereocenters. The van der Waals surface area contributed by atoms with E-state index in [4.69, 9.17) is 0 Å². The maximum absolute atomic E-state index is 3.78. The third kappa shape index (κ3) is 4.94. The molecule has 1 radical (unpaired) electrons. The Labute approximate surface area is 263 Å². The third-order valence-electron chi connectivity index (χ3n) is 7.58. The number of allylic oxidation sites excluding steroid dienone is 1. The second kappa shape index (κ2) is 12.3. The molecule has 7 rings (SSSR count). The molecule has 4 heteroatoms. The summed E-state index contributed by atoms with van der Waals surface area (Å²) in [5, 5.41) is 4.23. The van der Waals surface area contributed by atoms with Crippen LogP contribution in [-0.4, -0.2) is 8.41 Å². The van der Waals surface area contributed by atoms with Crippen LogP contribution in [-0.2, 0) is 26.2 Å². The number of benzene rings is 5. The largest absolute Gasteiger partial charge is 3.00 e. The minimum atomic E-state index is -1.21. The van der Waals surface area contributed by atoms with E-state index in [0.29, 0.717) is 0 Å². The molecule has 0 saturated carbocycles. The van der Waals surface area contributed by atoms with Crippen molar-refractivity contribution >= 4 is 24.4 Å². The van der Waals surface area contributed by atoms with Crippen LogP contribution in [0.1, 0.15) is 29.5 Å². The van der Waals surface area contributed by atoms with Gasteiger partial charge in [-0.1, -0.05) is 127 Å². The fraction of sp³-hybridized carbons (Fsp3) is 0.0571. The van der Waals surface area contributed by atoms with E-state index < -0.39 is 8.41 Å². The van der Waals surface area contributed by atoms with Crippen LogP contribution in [0.4, 0.5) is 0 Å². The van der Waals surface area contributed by atoms with Crippen molar-refractivity contribution in [1.82, 2.24) is 0 Å². The fourth-order valence-corrected chi connectivity index (χ4v) is 8.92. The van der Waals surface area contributed by atoms with Crippen molar-refractivity contribution in [3.63, 3.8) is 0 Å². The molecule has 0 aromatic heterocycles. The molecule has 0 bridgehead atoms. The van der Waals surface area contributed by atoms with Crippen molar-refractivity contribution in [3.05, 3.63) is 166 Å². The number of hydrogen-bond donors (Lipinski definition) is 0. The molecule has 2 aliphatic carbocycles. The molecule has 5 aromatic rings. The van der Waals surface area contributed by atoms with Gasteiger partial charge in [0.1, 0.15) is 0 Å². The monoisotopic (exact) mass is 633 g/mol. The maximum atomic E-state index is 3.78. The van der Waals surface area contributed by atoms with Gasteiger partial charge in [-0.3, -0.25) is 0 Å². The average molecular weight is 636 g/mol. The van der Waals surface area contributed by atoms with Gasteiger partial charge in [-0.25, -0.2) is 0 Å². The van der Waals surface area contributed by atoms with Crippen LogP contribution in [0.2, 0.25) is 0 Å². The van der Waals surface area contributed by atoms with Crippen molar-refractivity contribution < 1.29 is 51.0 Å². The summed E-state index contributed by atoms with van der Waals surface area (Å²) in [6.45, 7) is 2.25. The van der Waals surface area contributed by atoms with E-state index in [1.807, 2.05) is 0 Å². The van der Waals surface area contributed by atoms with Gasteiger partial charge in [-0.2, -0.15) is 5.56 Å². The molecule has 0 N–H and O–H groups in total. The molecular formula is C35H25Cl2SiZr. The Balaban J connectivity index is 0.00000118. The van der Waals surface area contributed by atoms with Gasteiger partial charge in [-0.05, 0) is 38.5 Å². The quantitative estimate of drug-likeness (QED) is 0.192. The number of fused-ring (bicyclic) bond motifs is 4. The summed E-state index contributed by atoms with van der Waals surface area (Å²) in [6.07, 6.45) is 3.78. The van der Waals surface area contributed by atoms with Crippen molar-refractivity contribution in [1.29, 1.82) is 0 Å². The molecule has 0 spiro atoms. The molecule has 0 fully saturated rings. The maximum Gasteiger partial charge on any atom is 3.00 e. The van der Waals surface area contributed by atoms with E-state index in [9.17, 15) is 0 Å². The van der Waals surface area contributed by atoms with Crippen molar-refractivity contribution in [2.45, 2.75) is 12.8 Å². The molecule has 5 aromatic carbocycles. The number of halogens is 2. The van der Waals surface area contributed by atoms with Crippen LogP contribution in [0.15, 0.2) is 133 Å². The molecule has 0 heterocycles. The summed E-state index contributed by atoms with van der Waals surface area (Å²) in [5.41, 5.74) is 9.46. The number of rotatable bonds is 3. The Kier molecular flexibility index (Phi) is 9.25. The van der Waals surface area contributed by atoms with Crippen molar-refractivity contribution in [3.8, 4) is 11.1 Å². The first-order chi connectivity index (χ1) is 17.8. The first kappa shape index (κ1) is 29.4. The summed E-state index contributed by atoms with van der Waals surface area (Å²) in [7, 11) is -1.21. The molecule has 0 atom stereocenters. The Morgan fingerprint density at radius 2 is 1.05 bits per heavy atom. The Bertz CT molecular complexity index is 1710. The Morgan fingerprint density at radius 3 is 1.59 bits per heavy atom. The van der Waals surface area contributed by atoms with Gasteiger partial charge in [0.2, 0.25) is 0 Å². The molecule has 39 heavy (non-hydrogen) atoms.